The number of carbonyl (C=O) groups is 2. The normalized spacial score (nSPS) is 33.6. The smallest absolute Gasteiger partial charge is 0.269 e. The molecule has 0 heterocycles. The highest BCUT2D eigenvalue weighted by Gasteiger charge is 2.55. The molecule has 0 aromatic heterocycles. The minimum atomic E-state index is -4.53. The molecule has 2 fully saturated rings. The fourth-order valence-corrected chi connectivity index (χ4v) is 6.37. The van der Waals surface area contributed by atoms with Crippen molar-refractivity contribution in [1.29, 1.82) is 0 Å². The predicted molar refractivity (Wildman–Crippen MR) is 95.8 cm³/mol. The molecule has 2 amide bonds. The van der Waals surface area contributed by atoms with Crippen LogP contribution in [0.15, 0.2) is 25.3 Å². The Bertz CT molecular complexity index is 821. The van der Waals surface area contributed by atoms with E-state index in [1.807, 2.05) is 0 Å². The summed E-state index contributed by atoms with van der Waals surface area (Å²) >= 11 is 0. The lowest BCUT2D eigenvalue weighted by molar-refractivity contribution is -0.119. The SMILES string of the molecule is C=CC(=O)NC1CC2C(CC1S(=O)(=O)O)CC(S(=O)(=O)O)C2NC(=O)C=C. The van der Waals surface area contributed by atoms with Crippen LogP contribution < -0.4 is 10.6 Å². The summed E-state index contributed by atoms with van der Waals surface area (Å²) in [6.45, 7) is 6.58. The minimum Gasteiger partial charge on any atom is -0.348 e. The minimum absolute atomic E-state index is 0.0111. The van der Waals surface area contributed by atoms with Gasteiger partial charge in [0.05, 0.1) is 6.04 Å². The third-order valence-corrected chi connectivity index (χ3v) is 7.82. The first-order valence-corrected chi connectivity index (χ1v) is 11.2. The molecule has 0 spiro atoms. The van der Waals surface area contributed by atoms with Crippen LogP contribution in [0, 0.1) is 11.8 Å². The van der Waals surface area contributed by atoms with E-state index in [1.54, 1.807) is 0 Å². The van der Waals surface area contributed by atoms with Gasteiger partial charge in [-0.15, -0.1) is 0 Å². The standard InChI is InChI=1S/C15H22N2O8S2/c1-3-13(18)16-10-7-9-8(5-11(10)26(20,21)22)6-12(27(23,24)25)15(9)17-14(19)4-2/h3-4,8-12,15H,1-2,5-7H2,(H,16,18)(H,17,19)(H,20,21,22)(H,23,24,25). The number of nitrogens with one attached hydrogen (secondary N) is 2. The molecule has 0 aliphatic heterocycles. The summed E-state index contributed by atoms with van der Waals surface area (Å²) in [6, 6.07) is -1.99. The molecule has 4 N–H and O–H groups in total. The Hall–Kier alpha value is -1.76. The van der Waals surface area contributed by atoms with Crippen molar-refractivity contribution >= 4 is 32.1 Å². The molecule has 0 saturated heterocycles. The zero-order chi connectivity index (χ0) is 20.6. The third-order valence-electron chi connectivity index (χ3n) is 5.28. The molecular weight excluding hydrogens is 400 g/mol. The van der Waals surface area contributed by atoms with Crippen molar-refractivity contribution in [2.45, 2.75) is 41.8 Å². The Kier molecular flexibility index (Phi) is 6.14. The van der Waals surface area contributed by atoms with Crippen LogP contribution >= 0.6 is 0 Å². The zero-order valence-electron chi connectivity index (χ0n) is 14.3. The molecule has 0 aromatic carbocycles. The number of hydrogen-bond acceptors (Lipinski definition) is 6. The first kappa shape index (κ1) is 21.5. The van der Waals surface area contributed by atoms with Crippen LogP contribution in [-0.2, 0) is 29.8 Å². The van der Waals surface area contributed by atoms with Gasteiger partial charge in [0.1, 0.15) is 10.5 Å². The maximum atomic E-state index is 11.8. The van der Waals surface area contributed by atoms with E-state index in [-0.39, 0.29) is 19.3 Å². The van der Waals surface area contributed by atoms with Gasteiger partial charge in [0.2, 0.25) is 11.8 Å². The third kappa shape index (κ3) is 4.75. The van der Waals surface area contributed by atoms with Gasteiger partial charge in [-0.1, -0.05) is 13.2 Å². The molecule has 10 nitrogen and oxygen atoms in total. The summed E-state index contributed by atoms with van der Waals surface area (Å²) in [5, 5.41) is 2.26. The summed E-state index contributed by atoms with van der Waals surface area (Å²) in [4.78, 5) is 23.4. The molecule has 6 atom stereocenters. The van der Waals surface area contributed by atoms with Gasteiger partial charge in [0.25, 0.3) is 20.2 Å². The van der Waals surface area contributed by atoms with Crippen LogP contribution in [0.2, 0.25) is 0 Å². The number of hydrogen-bond donors (Lipinski definition) is 4. The van der Waals surface area contributed by atoms with Gasteiger partial charge in [-0.25, -0.2) is 0 Å². The second kappa shape index (κ2) is 7.70. The largest absolute Gasteiger partial charge is 0.348 e. The molecule has 152 valence electrons. The van der Waals surface area contributed by atoms with Crippen LogP contribution in [0.5, 0.6) is 0 Å². The van der Waals surface area contributed by atoms with Crippen molar-refractivity contribution in [2.75, 3.05) is 0 Å². The van der Waals surface area contributed by atoms with Crippen molar-refractivity contribution in [3.8, 4) is 0 Å². The summed E-state index contributed by atoms with van der Waals surface area (Å²) < 4.78 is 66.1. The average molecular weight is 422 g/mol. The average Bonchev–Trinajstić information content (AvgIpc) is 2.91. The summed E-state index contributed by atoms with van der Waals surface area (Å²) in [5.74, 6) is -2.33. The van der Waals surface area contributed by atoms with Crippen LogP contribution in [0.4, 0.5) is 0 Å². The Morgan fingerprint density at radius 3 is 1.81 bits per heavy atom. The molecule has 2 saturated carbocycles. The topological polar surface area (TPSA) is 167 Å². The van der Waals surface area contributed by atoms with E-state index in [0.717, 1.165) is 12.2 Å². The summed E-state index contributed by atoms with van der Waals surface area (Å²) in [7, 11) is -9.06. The van der Waals surface area contributed by atoms with E-state index >= 15 is 0 Å². The second-order valence-electron chi connectivity index (χ2n) is 6.80. The van der Waals surface area contributed by atoms with Gasteiger partial charge < -0.3 is 10.6 Å². The van der Waals surface area contributed by atoms with Gasteiger partial charge >= 0.3 is 0 Å². The second-order valence-corrected chi connectivity index (χ2v) is 10.1. The quantitative estimate of drug-likeness (QED) is 0.321. The van der Waals surface area contributed by atoms with Crippen LogP contribution in [0.1, 0.15) is 19.3 Å². The molecule has 6 unspecified atom stereocenters. The van der Waals surface area contributed by atoms with E-state index < -0.39 is 66.5 Å². The molecule has 0 aromatic rings. The Balaban J connectivity index is 2.39. The Morgan fingerprint density at radius 2 is 1.33 bits per heavy atom. The summed E-state index contributed by atoms with van der Waals surface area (Å²) in [5.41, 5.74) is 0. The van der Waals surface area contributed by atoms with E-state index in [9.17, 15) is 35.5 Å². The van der Waals surface area contributed by atoms with Gasteiger partial charge in [-0.3, -0.25) is 18.7 Å². The van der Waals surface area contributed by atoms with Crippen molar-refractivity contribution in [1.82, 2.24) is 10.6 Å². The van der Waals surface area contributed by atoms with Gasteiger partial charge in [0, 0.05) is 6.04 Å². The molecule has 27 heavy (non-hydrogen) atoms. The fraction of sp³-hybridized carbons (Fsp3) is 0.600. The molecule has 0 radical (unpaired) electrons. The molecule has 2 aliphatic carbocycles. The summed E-state index contributed by atoms with van der Waals surface area (Å²) in [6.07, 6.45) is 1.68. The van der Waals surface area contributed by atoms with Crippen molar-refractivity contribution in [3.63, 3.8) is 0 Å². The lowest BCUT2D eigenvalue weighted by atomic mass is 9.77. The molecule has 12 heteroatoms. The number of amides is 2. The monoisotopic (exact) mass is 422 g/mol. The van der Waals surface area contributed by atoms with E-state index in [1.165, 1.54) is 0 Å². The van der Waals surface area contributed by atoms with Gasteiger partial charge in [-0.05, 0) is 43.3 Å². The maximum absolute atomic E-state index is 11.8. The van der Waals surface area contributed by atoms with E-state index in [2.05, 4.69) is 23.8 Å². The molecule has 0 bridgehead atoms. The number of fused-ring (bicyclic) bond motifs is 1. The molecule has 2 rings (SSSR count). The van der Waals surface area contributed by atoms with Crippen LogP contribution in [0.25, 0.3) is 0 Å². The molecular formula is C15H22N2O8S2. The van der Waals surface area contributed by atoms with E-state index in [4.69, 9.17) is 0 Å². The highest BCUT2D eigenvalue weighted by atomic mass is 32.2. The first-order valence-electron chi connectivity index (χ1n) is 8.17. The Morgan fingerprint density at radius 1 is 0.852 bits per heavy atom. The van der Waals surface area contributed by atoms with Gasteiger partial charge in [-0.2, -0.15) is 16.8 Å². The highest BCUT2D eigenvalue weighted by molar-refractivity contribution is 7.86. The fourth-order valence-electron chi connectivity index (χ4n) is 4.16. The van der Waals surface area contributed by atoms with Crippen molar-refractivity contribution in [2.24, 2.45) is 11.8 Å². The predicted octanol–water partition coefficient (Wildman–Crippen LogP) is -0.729. The van der Waals surface area contributed by atoms with Crippen LogP contribution in [0.3, 0.4) is 0 Å². The van der Waals surface area contributed by atoms with Gasteiger partial charge in [0.15, 0.2) is 0 Å². The maximum Gasteiger partial charge on any atom is 0.269 e. The lowest BCUT2D eigenvalue weighted by Gasteiger charge is -2.39. The lowest BCUT2D eigenvalue weighted by Crippen LogP contribution is -2.55. The number of carbonyl (C=O) groups excluding carboxylic acids is 2. The molecule has 2 aliphatic rings. The van der Waals surface area contributed by atoms with Crippen molar-refractivity contribution < 1.29 is 35.5 Å². The first-order chi connectivity index (χ1) is 12.4. The van der Waals surface area contributed by atoms with E-state index in [0.29, 0.717) is 0 Å². The Labute approximate surface area is 157 Å². The highest BCUT2D eigenvalue weighted by Crippen LogP contribution is 2.46. The van der Waals surface area contributed by atoms with Crippen molar-refractivity contribution in [3.05, 3.63) is 25.3 Å². The van der Waals surface area contributed by atoms with Crippen LogP contribution in [-0.4, -0.2) is 60.3 Å². The number of rotatable bonds is 6. The zero-order valence-corrected chi connectivity index (χ0v) is 15.9.